The molecule has 0 unspecified atom stereocenters. The summed E-state index contributed by atoms with van der Waals surface area (Å²) in [5, 5.41) is 5.01. The number of ether oxygens (including phenoxy) is 1. The fourth-order valence-electron chi connectivity index (χ4n) is 2.29. The average Bonchev–Trinajstić information content (AvgIpc) is 2.60. The molecule has 0 saturated carbocycles. The van der Waals surface area contributed by atoms with Crippen LogP contribution in [0.15, 0.2) is 54.6 Å². The highest BCUT2D eigenvalue weighted by Gasteiger charge is 2.30. The number of halogens is 3. The Morgan fingerprint density at radius 3 is 2.26 bits per heavy atom. The van der Waals surface area contributed by atoms with Crippen molar-refractivity contribution in [3.63, 3.8) is 0 Å². The van der Waals surface area contributed by atoms with Crippen molar-refractivity contribution < 1.29 is 27.5 Å². The molecule has 0 radical (unpaired) electrons. The van der Waals surface area contributed by atoms with Gasteiger partial charge in [0.15, 0.2) is 0 Å². The molecule has 0 fully saturated rings. The number of amides is 2. The first-order valence-corrected chi connectivity index (χ1v) is 8.18. The van der Waals surface area contributed by atoms with E-state index in [0.717, 1.165) is 17.7 Å². The molecule has 5 nitrogen and oxygen atoms in total. The van der Waals surface area contributed by atoms with Gasteiger partial charge in [0, 0.05) is 18.2 Å². The molecule has 0 aliphatic heterocycles. The molecular formula is C19H19F3N2O3. The number of hydrogen-bond acceptors (Lipinski definition) is 4. The summed E-state index contributed by atoms with van der Waals surface area (Å²) in [6, 6.07) is 13.1. The predicted molar refractivity (Wildman–Crippen MR) is 93.9 cm³/mol. The van der Waals surface area contributed by atoms with Crippen molar-refractivity contribution in [1.82, 2.24) is 5.32 Å². The summed E-state index contributed by atoms with van der Waals surface area (Å²) in [4.78, 5) is 23.5. The van der Waals surface area contributed by atoms with Crippen LogP contribution in [0.25, 0.3) is 0 Å². The monoisotopic (exact) mass is 380 g/mol. The summed E-state index contributed by atoms with van der Waals surface area (Å²) in [6.07, 6.45) is -5.31. The lowest BCUT2D eigenvalue weighted by Gasteiger charge is -2.15. The van der Waals surface area contributed by atoms with Gasteiger partial charge >= 0.3 is 12.3 Å². The van der Waals surface area contributed by atoms with Crippen molar-refractivity contribution in [1.29, 1.82) is 0 Å². The van der Waals surface area contributed by atoms with E-state index in [2.05, 4.69) is 10.6 Å². The topological polar surface area (TPSA) is 67.4 Å². The van der Waals surface area contributed by atoms with E-state index in [1.807, 2.05) is 6.07 Å². The van der Waals surface area contributed by atoms with Gasteiger partial charge in [-0.25, -0.2) is 4.79 Å². The first-order valence-electron chi connectivity index (χ1n) is 8.18. The molecule has 144 valence electrons. The van der Waals surface area contributed by atoms with Crippen molar-refractivity contribution in [3.05, 3.63) is 65.7 Å². The maximum absolute atomic E-state index is 12.5. The molecule has 2 rings (SSSR count). The number of anilines is 1. The lowest BCUT2D eigenvalue weighted by atomic mass is 10.1. The Balaban J connectivity index is 1.75. The van der Waals surface area contributed by atoms with Gasteiger partial charge in [0.25, 0.3) is 0 Å². The van der Waals surface area contributed by atoms with Crippen LogP contribution in [0.3, 0.4) is 0 Å². The summed E-state index contributed by atoms with van der Waals surface area (Å²) in [7, 11) is 0. The number of carbonyl (C=O) groups is 2. The Hall–Kier alpha value is -3.03. The predicted octanol–water partition coefficient (Wildman–Crippen LogP) is 4.35. The smallest absolute Gasteiger partial charge is 0.416 e. The fraction of sp³-hybridized carbons (Fsp3) is 0.263. The Kier molecular flexibility index (Phi) is 6.81. The van der Waals surface area contributed by atoms with E-state index in [9.17, 15) is 22.8 Å². The van der Waals surface area contributed by atoms with Gasteiger partial charge in [0.1, 0.15) is 6.61 Å². The van der Waals surface area contributed by atoms with Gasteiger partial charge in [0.2, 0.25) is 5.91 Å². The Morgan fingerprint density at radius 1 is 1.04 bits per heavy atom. The highest BCUT2D eigenvalue weighted by Crippen LogP contribution is 2.29. The largest absolute Gasteiger partial charge is 0.444 e. The lowest BCUT2D eigenvalue weighted by molar-refractivity contribution is -0.137. The Bertz CT molecular complexity index is 762. The molecule has 0 spiro atoms. The molecule has 0 saturated heterocycles. The second-order valence-corrected chi connectivity index (χ2v) is 5.93. The molecule has 27 heavy (non-hydrogen) atoms. The second kappa shape index (κ2) is 9.07. The van der Waals surface area contributed by atoms with Gasteiger partial charge in [-0.15, -0.1) is 0 Å². The van der Waals surface area contributed by atoms with Gasteiger partial charge in [-0.1, -0.05) is 30.3 Å². The minimum atomic E-state index is -4.40. The van der Waals surface area contributed by atoms with Crippen LogP contribution in [0, 0.1) is 0 Å². The molecule has 2 amide bonds. The van der Waals surface area contributed by atoms with Gasteiger partial charge in [-0.3, -0.25) is 10.1 Å². The minimum Gasteiger partial charge on any atom is -0.444 e. The number of benzene rings is 2. The minimum absolute atomic E-state index is 0.0410. The number of nitrogens with one attached hydrogen (secondary N) is 2. The van der Waals surface area contributed by atoms with Crippen molar-refractivity contribution in [2.45, 2.75) is 32.2 Å². The first-order chi connectivity index (χ1) is 12.7. The van der Waals surface area contributed by atoms with Crippen molar-refractivity contribution in [2.75, 3.05) is 5.32 Å². The second-order valence-electron chi connectivity index (χ2n) is 5.93. The van der Waals surface area contributed by atoms with Crippen LogP contribution < -0.4 is 10.6 Å². The summed E-state index contributed by atoms with van der Waals surface area (Å²) in [5.41, 5.74) is 0.479. The summed E-state index contributed by atoms with van der Waals surface area (Å²) >= 11 is 0. The molecule has 0 aromatic heterocycles. The fourth-order valence-corrected chi connectivity index (χ4v) is 2.29. The molecule has 2 aromatic rings. The van der Waals surface area contributed by atoms with E-state index in [0.29, 0.717) is 5.69 Å². The van der Waals surface area contributed by atoms with Crippen LogP contribution in [0.1, 0.15) is 24.5 Å². The molecule has 0 aliphatic rings. The number of hydrogen-bond donors (Lipinski definition) is 2. The van der Waals surface area contributed by atoms with Crippen molar-refractivity contribution >= 4 is 17.7 Å². The zero-order chi connectivity index (χ0) is 19.9. The molecule has 0 bridgehead atoms. The third-order valence-electron chi connectivity index (χ3n) is 3.57. The van der Waals surface area contributed by atoms with E-state index >= 15 is 0 Å². The van der Waals surface area contributed by atoms with Gasteiger partial charge < -0.3 is 10.1 Å². The van der Waals surface area contributed by atoms with Crippen LogP contribution in [0.2, 0.25) is 0 Å². The number of carbonyl (C=O) groups excluding carboxylic acids is 2. The highest BCUT2D eigenvalue weighted by atomic mass is 19.4. The molecule has 1 atom stereocenters. The highest BCUT2D eigenvalue weighted by molar-refractivity contribution is 5.92. The molecule has 0 aliphatic carbocycles. The normalized spacial score (nSPS) is 12.1. The van der Waals surface area contributed by atoms with E-state index in [4.69, 9.17) is 4.74 Å². The molecule has 8 heteroatoms. The summed E-state index contributed by atoms with van der Waals surface area (Å²) < 4.78 is 42.5. The Morgan fingerprint density at radius 2 is 1.67 bits per heavy atom. The third kappa shape index (κ3) is 7.01. The van der Waals surface area contributed by atoms with Gasteiger partial charge in [0.05, 0.1) is 5.56 Å². The summed E-state index contributed by atoms with van der Waals surface area (Å²) in [5.74, 6) is -0.556. The van der Waals surface area contributed by atoms with Gasteiger partial charge in [-0.05, 0) is 36.8 Å². The van der Waals surface area contributed by atoms with Crippen molar-refractivity contribution in [3.8, 4) is 0 Å². The Labute approximate surface area is 154 Å². The first kappa shape index (κ1) is 20.3. The van der Waals surface area contributed by atoms with Crippen molar-refractivity contribution in [2.24, 2.45) is 0 Å². The maximum Gasteiger partial charge on any atom is 0.416 e. The number of imide groups is 1. The van der Waals surface area contributed by atoms with Crippen LogP contribution >= 0.6 is 0 Å². The zero-order valence-electron chi connectivity index (χ0n) is 14.5. The SMILES string of the molecule is C[C@H](CC(=O)NC(=O)OCc1ccccc1)Nc1ccc(C(F)(F)F)cc1. The van der Waals surface area contributed by atoms with Gasteiger partial charge in [-0.2, -0.15) is 13.2 Å². The molecule has 2 N–H and O–H groups in total. The van der Waals surface area contributed by atoms with Crippen LogP contribution in [0.4, 0.5) is 23.7 Å². The van der Waals surface area contributed by atoms with Crippen LogP contribution in [-0.4, -0.2) is 18.0 Å². The molecule has 0 heterocycles. The van der Waals surface area contributed by atoms with E-state index in [1.54, 1.807) is 31.2 Å². The standard InChI is InChI=1S/C19H19F3N2O3/c1-13(23-16-9-7-15(8-10-16)19(20,21)22)11-17(25)24-18(26)27-12-14-5-3-2-4-6-14/h2-10,13,23H,11-12H2,1H3,(H,24,25,26)/t13-/m1/s1. The number of alkyl carbamates (subject to hydrolysis) is 1. The number of rotatable bonds is 6. The van der Waals surface area contributed by atoms with Crippen LogP contribution in [0.5, 0.6) is 0 Å². The van der Waals surface area contributed by atoms with Crippen LogP contribution in [-0.2, 0) is 22.3 Å². The average molecular weight is 380 g/mol. The van der Waals surface area contributed by atoms with E-state index < -0.39 is 29.8 Å². The lowest BCUT2D eigenvalue weighted by Crippen LogP contribution is -2.34. The van der Waals surface area contributed by atoms with E-state index in [1.165, 1.54) is 12.1 Å². The number of alkyl halides is 3. The quantitative estimate of drug-likeness (QED) is 0.782. The molecular weight excluding hydrogens is 361 g/mol. The maximum atomic E-state index is 12.5. The molecule has 2 aromatic carbocycles. The van der Waals surface area contributed by atoms with E-state index in [-0.39, 0.29) is 13.0 Å². The third-order valence-corrected chi connectivity index (χ3v) is 3.57. The zero-order valence-corrected chi connectivity index (χ0v) is 14.5. The summed E-state index contributed by atoms with van der Waals surface area (Å²) in [6.45, 7) is 1.71.